The van der Waals surface area contributed by atoms with Gasteiger partial charge in [0.2, 0.25) is 0 Å². The second kappa shape index (κ2) is 4.70. The van der Waals surface area contributed by atoms with Crippen molar-refractivity contribution in [1.82, 2.24) is 4.90 Å². The van der Waals surface area contributed by atoms with Crippen molar-refractivity contribution in [3.63, 3.8) is 0 Å². The highest BCUT2D eigenvalue weighted by Gasteiger charge is 2.19. The monoisotopic (exact) mass is 161 g/mol. The van der Waals surface area contributed by atoms with Gasteiger partial charge in [0.05, 0.1) is 0 Å². The first-order chi connectivity index (χ1) is 4.98. The molecule has 0 saturated heterocycles. The summed E-state index contributed by atoms with van der Waals surface area (Å²) in [6.45, 7) is 4.97. The Kier molecular flexibility index (Phi) is 4.65. The van der Waals surface area contributed by atoms with Gasteiger partial charge in [-0.3, -0.25) is 0 Å². The van der Waals surface area contributed by atoms with Crippen molar-refractivity contribution in [2.75, 3.05) is 27.2 Å². The van der Waals surface area contributed by atoms with Crippen LogP contribution in [-0.4, -0.2) is 43.0 Å². The van der Waals surface area contributed by atoms with Crippen molar-refractivity contribution < 1.29 is 9.84 Å². The molecule has 0 fully saturated rings. The zero-order valence-electron chi connectivity index (χ0n) is 7.92. The Balaban J connectivity index is 3.54. The Bertz CT molecular complexity index is 102. The zero-order chi connectivity index (χ0) is 8.91. The van der Waals surface area contributed by atoms with Crippen LogP contribution in [0.4, 0.5) is 0 Å². The van der Waals surface area contributed by atoms with E-state index in [9.17, 15) is 5.11 Å². The molecule has 0 amide bonds. The molecule has 1 unspecified atom stereocenters. The van der Waals surface area contributed by atoms with Gasteiger partial charge in [0.15, 0.2) is 5.79 Å². The van der Waals surface area contributed by atoms with Crippen LogP contribution in [0.15, 0.2) is 0 Å². The average molecular weight is 161 g/mol. The molecule has 68 valence electrons. The lowest BCUT2D eigenvalue weighted by Crippen LogP contribution is -2.32. The molecule has 0 aliphatic heterocycles. The number of hydrogen-bond donors (Lipinski definition) is 1. The molecule has 11 heavy (non-hydrogen) atoms. The first-order valence-corrected chi connectivity index (χ1v) is 3.99. The van der Waals surface area contributed by atoms with E-state index in [0.717, 1.165) is 6.54 Å². The summed E-state index contributed by atoms with van der Waals surface area (Å²) >= 11 is 0. The highest BCUT2D eigenvalue weighted by atomic mass is 16.6. The number of nitrogens with zero attached hydrogens (tertiary/aromatic N) is 1. The summed E-state index contributed by atoms with van der Waals surface area (Å²) in [5.41, 5.74) is 0. The van der Waals surface area contributed by atoms with E-state index < -0.39 is 5.79 Å². The minimum absolute atomic E-state index is 0.556. The maximum absolute atomic E-state index is 9.51. The van der Waals surface area contributed by atoms with Crippen LogP contribution in [0.25, 0.3) is 0 Å². The molecule has 0 aromatic rings. The first kappa shape index (κ1) is 10.9. The number of aliphatic hydroxyl groups is 1. The van der Waals surface area contributed by atoms with Gasteiger partial charge in [-0.25, -0.2) is 0 Å². The van der Waals surface area contributed by atoms with Crippen LogP contribution < -0.4 is 0 Å². The average Bonchev–Trinajstić information content (AvgIpc) is 1.84. The summed E-state index contributed by atoms with van der Waals surface area (Å²) in [5, 5.41) is 9.51. The van der Waals surface area contributed by atoms with Crippen LogP contribution >= 0.6 is 0 Å². The van der Waals surface area contributed by atoms with E-state index in [0.29, 0.717) is 13.0 Å². The number of rotatable bonds is 5. The van der Waals surface area contributed by atoms with E-state index in [1.165, 1.54) is 0 Å². The summed E-state index contributed by atoms with van der Waals surface area (Å²) in [5.74, 6) is -0.959. The highest BCUT2D eigenvalue weighted by molar-refractivity contribution is 4.61. The topological polar surface area (TPSA) is 32.7 Å². The SMILES string of the molecule is CCOC(C)(O)CCN(C)C. The number of hydrogen-bond acceptors (Lipinski definition) is 3. The number of ether oxygens (including phenoxy) is 1. The maximum Gasteiger partial charge on any atom is 0.163 e. The third kappa shape index (κ3) is 6.28. The minimum atomic E-state index is -0.959. The van der Waals surface area contributed by atoms with Crippen molar-refractivity contribution >= 4 is 0 Å². The van der Waals surface area contributed by atoms with E-state index in [-0.39, 0.29) is 0 Å². The standard InChI is InChI=1S/C8H19NO2/c1-5-11-8(2,10)6-7-9(3)4/h10H,5-7H2,1-4H3. The van der Waals surface area contributed by atoms with Crippen molar-refractivity contribution in [2.45, 2.75) is 26.1 Å². The molecule has 0 aromatic carbocycles. The Hall–Kier alpha value is -0.120. The smallest absolute Gasteiger partial charge is 0.163 e. The molecule has 0 rings (SSSR count). The molecular formula is C8H19NO2. The van der Waals surface area contributed by atoms with Crippen molar-refractivity contribution in [3.8, 4) is 0 Å². The third-order valence-corrected chi connectivity index (χ3v) is 1.48. The van der Waals surface area contributed by atoms with E-state index in [2.05, 4.69) is 0 Å². The molecule has 0 aromatic heterocycles. The Morgan fingerprint density at radius 1 is 1.45 bits per heavy atom. The molecule has 0 heterocycles. The van der Waals surface area contributed by atoms with Gasteiger partial charge >= 0.3 is 0 Å². The Morgan fingerprint density at radius 3 is 2.36 bits per heavy atom. The van der Waals surface area contributed by atoms with Gasteiger partial charge in [-0.05, 0) is 27.9 Å². The normalized spacial score (nSPS) is 16.9. The van der Waals surface area contributed by atoms with Crippen molar-refractivity contribution in [3.05, 3.63) is 0 Å². The fourth-order valence-electron chi connectivity index (χ4n) is 0.814. The maximum atomic E-state index is 9.51. The van der Waals surface area contributed by atoms with Crippen LogP contribution in [0.5, 0.6) is 0 Å². The Labute approximate surface area is 69.0 Å². The predicted molar refractivity (Wildman–Crippen MR) is 45.4 cm³/mol. The van der Waals surface area contributed by atoms with Gasteiger partial charge in [0.1, 0.15) is 0 Å². The summed E-state index contributed by atoms with van der Waals surface area (Å²) in [6, 6.07) is 0. The second-order valence-electron chi connectivity index (χ2n) is 3.16. The quantitative estimate of drug-likeness (QED) is 0.602. The lowest BCUT2D eigenvalue weighted by Gasteiger charge is -2.24. The van der Waals surface area contributed by atoms with Crippen LogP contribution in [0.2, 0.25) is 0 Å². The largest absolute Gasteiger partial charge is 0.366 e. The minimum Gasteiger partial charge on any atom is -0.366 e. The zero-order valence-corrected chi connectivity index (χ0v) is 7.92. The van der Waals surface area contributed by atoms with Crippen molar-refractivity contribution in [1.29, 1.82) is 0 Å². The van der Waals surface area contributed by atoms with Crippen LogP contribution in [0, 0.1) is 0 Å². The van der Waals surface area contributed by atoms with Gasteiger partial charge in [-0.15, -0.1) is 0 Å². The molecule has 0 bridgehead atoms. The predicted octanol–water partition coefficient (Wildman–Crippen LogP) is 0.683. The molecule has 0 aliphatic rings. The lowest BCUT2D eigenvalue weighted by molar-refractivity contribution is -0.192. The molecular weight excluding hydrogens is 142 g/mol. The van der Waals surface area contributed by atoms with E-state index >= 15 is 0 Å². The van der Waals surface area contributed by atoms with Crippen LogP contribution in [0.1, 0.15) is 20.3 Å². The fourth-order valence-corrected chi connectivity index (χ4v) is 0.814. The van der Waals surface area contributed by atoms with E-state index in [1.54, 1.807) is 6.92 Å². The summed E-state index contributed by atoms with van der Waals surface area (Å²) in [4.78, 5) is 2.02. The summed E-state index contributed by atoms with van der Waals surface area (Å²) < 4.78 is 5.11. The van der Waals surface area contributed by atoms with Crippen molar-refractivity contribution in [2.24, 2.45) is 0 Å². The van der Waals surface area contributed by atoms with E-state index in [4.69, 9.17) is 4.74 Å². The molecule has 0 aliphatic carbocycles. The van der Waals surface area contributed by atoms with Gasteiger partial charge in [0, 0.05) is 19.6 Å². The molecule has 1 atom stereocenters. The first-order valence-electron chi connectivity index (χ1n) is 3.99. The molecule has 3 nitrogen and oxygen atoms in total. The lowest BCUT2D eigenvalue weighted by atomic mass is 10.2. The van der Waals surface area contributed by atoms with Crippen LogP contribution in [-0.2, 0) is 4.74 Å². The van der Waals surface area contributed by atoms with E-state index in [1.807, 2.05) is 25.9 Å². The molecule has 0 spiro atoms. The Morgan fingerprint density at radius 2 is 2.00 bits per heavy atom. The van der Waals surface area contributed by atoms with Crippen LogP contribution in [0.3, 0.4) is 0 Å². The van der Waals surface area contributed by atoms with Gasteiger partial charge in [0.25, 0.3) is 0 Å². The van der Waals surface area contributed by atoms with Gasteiger partial charge in [-0.1, -0.05) is 0 Å². The molecule has 3 heteroatoms. The summed E-state index contributed by atoms with van der Waals surface area (Å²) in [7, 11) is 3.95. The second-order valence-corrected chi connectivity index (χ2v) is 3.16. The van der Waals surface area contributed by atoms with Gasteiger partial charge < -0.3 is 14.7 Å². The molecule has 1 N–H and O–H groups in total. The molecule has 0 radical (unpaired) electrons. The highest BCUT2D eigenvalue weighted by Crippen LogP contribution is 2.10. The summed E-state index contributed by atoms with van der Waals surface area (Å²) in [6.07, 6.45) is 0.647. The van der Waals surface area contributed by atoms with Gasteiger partial charge in [-0.2, -0.15) is 0 Å². The molecule has 0 saturated carbocycles. The third-order valence-electron chi connectivity index (χ3n) is 1.48. The fraction of sp³-hybridized carbons (Fsp3) is 1.00.